The molecular weight excluding hydrogens is 238 g/mol. The number of hydrogen-bond acceptors (Lipinski definition) is 3. The Bertz CT molecular complexity index is 469. The summed E-state index contributed by atoms with van der Waals surface area (Å²) >= 11 is 0. The van der Waals surface area contributed by atoms with E-state index in [9.17, 15) is 8.42 Å². The second-order valence-electron chi connectivity index (χ2n) is 4.75. The van der Waals surface area contributed by atoms with Gasteiger partial charge in [0.05, 0.1) is 11.4 Å². The Morgan fingerprint density at radius 2 is 2.12 bits per heavy atom. The first-order valence-electron chi connectivity index (χ1n) is 6.02. The minimum Gasteiger partial charge on any atom is -0.281 e. The summed E-state index contributed by atoms with van der Waals surface area (Å²) in [5.74, 6) is 0.844. The third-order valence-electron chi connectivity index (χ3n) is 3.11. The highest BCUT2D eigenvalue weighted by Crippen LogP contribution is 2.33. The molecule has 1 aromatic rings. The first-order valence-corrected chi connectivity index (χ1v) is 7.50. The predicted molar refractivity (Wildman–Crippen MR) is 65.2 cm³/mol. The molecule has 1 aliphatic carbocycles. The zero-order chi connectivity index (χ0) is 12.5. The molecule has 5 nitrogen and oxygen atoms in total. The first-order chi connectivity index (χ1) is 8.00. The highest BCUT2D eigenvalue weighted by Gasteiger charge is 2.23. The van der Waals surface area contributed by atoms with Gasteiger partial charge in [0.25, 0.3) is 0 Å². The van der Waals surface area contributed by atoms with E-state index in [-0.39, 0.29) is 0 Å². The van der Waals surface area contributed by atoms with Crippen LogP contribution in [0.2, 0.25) is 0 Å². The molecule has 1 fully saturated rings. The van der Waals surface area contributed by atoms with Gasteiger partial charge in [0, 0.05) is 6.54 Å². The maximum absolute atomic E-state index is 12.0. The molecule has 1 aromatic heterocycles. The van der Waals surface area contributed by atoms with E-state index in [0.29, 0.717) is 22.8 Å². The minimum absolute atomic E-state index is 0.295. The number of hydrogen-bond donors (Lipinski definition) is 2. The van der Waals surface area contributed by atoms with Crippen LogP contribution in [0.3, 0.4) is 0 Å². The monoisotopic (exact) mass is 257 g/mol. The highest BCUT2D eigenvalue weighted by molar-refractivity contribution is 7.89. The third-order valence-corrected chi connectivity index (χ3v) is 4.83. The minimum atomic E-state index is -3.40. The maximum atomic E-state index is 12.0. The van der Waals surface area contributed by atoms with E-state index in [1.54, 1.807) is 13.8 Å². The highest BCUT2D eigenvalue weighted by atomic mass is 32.2. The summed E-state index contributed by atoms with van der Waals surface area (Å²) in [7, 11) is -3.40. The van der Waals surface area contributed by atoms with Crippen molar-refractivity contribution in [2.45, 2.75) is 44.4 Å². The number of aromatic amines is 1. The Morgan fingerprint density at radius 3 is 2.65 bits per heavy atom. The second kappa shape index (κ2) is 4.78. The van der Waals surface area contributed by atoms with E-state index < -0.39 is 10.0 Å². The quantitative estimate of drug-likeness (QED) is 0.758. The lowest BCUT2D eigenvalue weighted by Gasteiger charge is -2.06. The van der Waals surface area contributed by atoms with Crippen molar-refractivity contribution in [3.63, 3.8) is 0 Å². The van der Waals surface area contributed by atoms with Crippen LogP contribution in [0.25, 0.3) is 0 Å². The Morgan fingerprint density at radius 1 is 1.41 bits per heavy atom. The van der Waals surface area contributed by atoms with Gasteiger partial charge in [0.2, 0.25) is 10.0 Å². The van der Waals surface area contributed by atoms with Crippen LogP contribution in [0.15, 0.2) is 4.90 Å². The fourth-order valence-corrected chi connectivity index (χ4v) is 3.45. The zero-order valence-electron chi connectivity index (χ0n) is 10.3. The van der Waals surface area contributed by atoms with Crippen molar-refractivity contribution in [2.24, 2.45) is 5.92 Å². The van der Waals surface area contributed by atoms with Crippen molar-refractivity contribution in [3.05, 3.63) is 11.4 Å². The van der Waals surface area contributed by atoms with Gasteiger partial charge in [0.1, 0.15) is 4.90 Å². The molecule has 0 unspecified atom stereocenters. The van der Waals surface area contributed by atoms with Gasteiger partial charge in [-0.3, -0.25) is 5.10 Å². The summed E-state index contributed by atoms with van der Waals surface area (Å²) in [6.07, 6.45) is 4.67. The molecular formula is C11H19N3O2S. The number of sulfonamides is 1. The van der Waals surface area contributed by atoms with E-state index in [0.717, 1.165) is 18.8 Å². The van der Waals surface area contributed by atoms with Gasteiger partial charge in [-0.2, -0.15) is 5.10 Å². The molecule has 0 radical (unpaired) electrons. The van der Waals surface area contributed by atoms with Crippen molar-refractivity contribution in [1.29, 1.82) is 0 Å². The SMILES string of the molecule is Cc1n[nH]c(C)c1S(=O)(=O)NCCCC1CC1. The maximum Gasteiger partial charge on any atom is 0.244 e. The van der Waals surface area contributed by atoms with Crippen LogP contribution in [0.1, 0.15) is 37.1 Å². The average Bonchev–Trinajstić information content (AvgIpc) is 3.00. The number of rotatable bonds is 6. The largest absolute Gasteiger partial charge is 0.281 e. The van der Waals surface area contributed by atoms with Crippen molar-refractivity contribution in [3.8, 4) is 0 Å². The lowest BCUT2D eigenvalue weighted by Crippen LogP contribution is -2.25. The molecule has 2 rings (SSSR count). The van der Waals surface area contributed by atoms with Gasteiger partial charge >= 0.3 is 0 Å². The number of aromatic nitrogens is 2. The molecule has 0 bridgehead atoms. The molecule has 17 heavy (non-hydrogen) atoms. The van der Waals surface area contributed by atoms with Gasteiger partial charge in [-0.1, -0.05) is 12.8 Å². The van der Waals surface area contributed by atoms with Gasteiger partial charge in [0.15, 0.2) is 0 Å². The molecule has 1 saturated carbocycles. The topological polar surface area (TPSA) is 74.8 Å². The van der Waals surface area contributed by atoms with Crippen LogP contribution in [0.5, 0.6) is 0 Å². The molecule has 0 aliphatic heterocycles. The van der Waals surface area contributed by atoms with E-state index in [4.69, 9.17) is 0 Å². The molecule has 2 N–H and O–H groups in total. The zero-order valence-corrected chi connectivity index (χ0v) is 11.1. The lowest BCUT2D eigenvalue weighted by atomic mass is 10.2. The van der Waals surface area contributed by atoms with E-state index in [1.807, 2.05) is 0 Å². The van der Waals surface area contributed by atoms with Crippen LogP contribution in [-0.2, 0) is 10.0 Å². The Hall–Kier alpha value is -0.880. The van der Waals surface area contributed by atoms with Crippen molar-refractivity contribution in [2.75, 3.05) is 6.54 Å². The fraction of sp³-hybridized carbons (Fsp3) is 0.727. The second-order valence-corrected chi connectivity index (χ2v) is 6.45. The van der Waals surface area contributed by atoms with Gasteiger partial charge in [-0.25, -0.2) is 13.1 Å². The summed E-state index contributed by atoms with van der Waals surface area (Å²) < 4.78 is 26.7. The van der Waals surface area contributed by atoms with Gasteiger partial charge in [-0.05, 0) is 32.6 Å². The fourth-order valence-electron chi connectivity index (χ4n) is 2.01. The van der Waals surface area contributed by atoms with E-state index >= 15 is 0 Å². The van der Waals surface area contributed by atoms with Gasteiger partial charge < -0.3 is 0 Å². The third kappa shape index (κ3) is 3.07. The van der Waals surface area contributed by atoms with Crippen LogP contribution in [0.4, 0.5) is 0 Å². The molecule has 6 heteroatoms. The summed E-state index contributed by atoms with van der Waals surface area (Å²) in [5.41, 5.74) is 1.12. The van der Waals surface area contributed by atoms with Crippen LogP contribution in [0, 0.1) is 19.8 Å². The number of aryl methyl sites for hydroxylation is 2. The first kappa shape index (κ1) is 12.6. The molecule has 0 spiro atoms. The number of nitrogens with zero attached hydrogens (tertiary/aromatic N) is 1. The lowest BCUT2D eigenvalue weighted by molar-refractivity contribution is 0.571. The summed E-state index contributed by atoms with van der Waals surface area (Å²) in [6, 6.07) is 0. The Kier molecular flexibility index (Phi) is 3.53. The van der Waals surface area contributed by atoms with Crippen molar-refractivity contribution >= 4 is 10.0 Å². The van der Waals surface area contributed by atoms with Crippen LogP contribution < -0.4 is 4.72 Å². The van der Waals surface area contributed by atoms with Crippen molar-refractivity contribution < 1.29 is 8.42 Å². The van der Waals surface area contributed by atoms with Gasteiger partial charge in [-0.15, -0.1) is 0 Å². The van der Waals surface area contributed by atoms with Crippen LogP contribution in [-0.4, -0.2) is 25.2 Å². The summed E-state index contributed by atoms with van der Waals surface area (Å²) in [5, 5.41) is 6.60. The molecule has 96 valence electrons. The molecule has 0 amide bonds. The van der Waals surface area contributed by atoms with E-state index in [2.05, 4.69) is 14.9 Å². The van der Waals surface area contributed by atoms with Crippen LogP contribution >= 0.6 is 0 Å². The molecule has 1 heterocycles. The molecule has 0 atom stereocenters. The predicted octanol–water partition coefficient (Wildman–Crippen LogP) is 1.50. The smallest absolute Gasteiger partial charge is 0.244 e. The summed E-state index contributed by atoms with van der Waals surface area (Å²) in [6.45, 7) is 3.93. The number of H-pyrrole nitrogens is 1. The normalized spacial score (nSPS) is 16.4. The molecule has 0 aromatic carbocycles. The molecule has 1 aliphatic rings. The van der Waals surface area contributed by atoms with Crippen molar-refractivity contribution in [1.82, 2.24) is 14.9 Å². The Labute approximate surface area is 102 Å². The van der Waals surface area contributed by atoms with E-state index in [1.165, 1.54) is 12.8 Å². The summed E-state index contributed by atoms with van der Waals surface area (Å²) in [4.78, 5) is 0.295. The Balaban J connectivity index is 1.93. The molecule has 0 saturated heterocycles. The standard InChI is InChI=1S/C11H19N3O2S/c1-8-11(9(2)14-13-8)17(15,16)12-7-3-4-10-5-6-10/h10,12H,3-7H2,1-2H3,(H,13,14). The average molecular weight is 257 g/mol. The number of nitrogens with one attached hydrogen (secondary N) is 2.